The molecule has 4 heteroatoms. The second-order valence-electron chi connectivity index (χ2n) is 6.95. The Hall–Kier alpha value is -2.17. The summed E-state index contributed by atoms with van der Waals surface area (Å²) < 4.78 is 10.4. The Kier molecular flexibility index (Phi) is 7.37. The molecular formula is C22H29NO3. The number of rotatable bonds is 9. The molecule has 0 spiro atoms. The molecule has 0 amide bonds. The molecule has 0 radical (unpaired) electrons. The first-order chi connectivity index (χ1) is 12.5. The fourth-order valence-electron chi connectivity index (χ4n) is 3.24. The second-order valence-corrected chi connectivity index (χ2v) is 6.95. The van der Waals surface area contributed by atoms with E-state index in [1.165, 1.54) is 11.1 Å². The van der Waals surface area contributed by atoms with Gasteiger partial charge in [0.2, 0.25) is 0 Å². The second kappa shape index (κ2) is 9.51. The zero-order valence-electron chi connectivity index (χ0n) is 15.9. The van der Waals surface area contributed by atoms with Crippen molar-refractivity contribution in [2.24, 2.45) is 11.1 Å². The van der Waals surface area contributed by atoms with E-state index in [4.69, 9.17) is 15.2 Å². The summed E-state index contributed by atoms with van der Waals surface area (Å²) in [4.78, 5) is 12.3. The van der Waals surface area contributed by atoms with Gasteiger partial charge in [0.1, 0.15) is 0 Å². The molecule has 140 valence electrons. The molecule has 1 unspecified atom stereocenters. The van der Waals surface area contributed by atoms with E-state index in [0.29, 0.717) is 26.1 Å². The maximum atomic E-state index is 12.3. The van der Waals surface area contributed by atoms with Gasteiger partial charge in [-0.25, -0.2) is 0 Å². The third-order valence-electron chi connectivity index (χ3n) is 4.50. The van der Waals surface area contributed by atoms with Gasteiger partial charge >= 0.3 is 5.97 Å². The lowest BCUT2D eigenvalue weighted by Crippen LogP contribution is -2.41. The average Bonchev–Trinajstić information content (AvgIpc) is 2.63. The standard InChI is InChI=1S/C22H29NO3/c1-4-26-21(24)22(2,16-25-3)15-20(23)14-17-10-12-19(13-11-17)18-8-6-5-7-9-18/h5-13,20H,4,14-16,23H2,1-3H3/t20-,22?/m1/s1. The zero-order valence-corrected chi connectivity index (χ0v) is 15.9. The molecule has 2 atom stereocenters. The molecule has 0 aliphatic rings. The normalized spacial score (nSPS) is 14.5. The molecule has 0 bridgehead atoms. The van der Waals surface area contributed by atoms with Gasteiger partial charge in [-0.1, -0.05) is 54.6 Å². The van der Waals surface area contributed by atoms with Crippen molar-refractivity contribution < 1.29 is 14.3 Å². The largest absolute Gasteiger partial charge is 0.466 e. The molecule has 0 heterocycles. The topological polar surface area (TPSA) is 61.5 Å². The molecule has 0 fully saturated rings. The number of hydrogen-bond donors (Lipinski definition) is 1. The SMILES string of the molecule is CCOC(=O)C(C)(COC)C[C@H](N)Cc1ccc(-c2ccccc2)cc1. The van der Waals surface area contributed by atoms with E-state index in [1.54, 1.807) is 14.0 Å². The fraction of sp³-hybridized carbons (Fsp3) is 0.409. The minimum atomic E-state index is -0.728. The molecule has 0 aromatic heterocycles. The van der Waals surface area contributed by atoms with Crippen molar-refractivity contribution in [2.45, 2.75) is 32.7 Å². The lowest BCUT2D eigenvalue weighted by atomic mass is 9.82. The Labute approximate surface area is 156 Å². The molecule has 26 heavy (non-hydrogen) atoms. The highest BCUT2D eigenvalue weighted by Gasteiger charge is 2.36. The van der Waals surface area contributed by atoms with E-state index >= 15 is 0 Å². The summed E-state index contributed by atoms with van der Waals surface area (Å²) in [6.45, 7) is 4.31. The van der Waals surface area contributed by atoms with Crippen molar-refractivity contribution >= 4 is 5.97 Å². The van der Waals surface area contributed by atoms with Crippen molar-refractivity contribution in [1.82, 2.24) is 0 Å². The van der Waals surface area contributed by atoms with Crippen molar-refractivity contribution in [1.29, 1.82) is 0 Å². The van der Waals surface area contributed by atoms with Crippen molar-refractivity contribution in [3.63, 3.8) is 0 Å². The summed E-state index contributed by atoms with van der Waals surface area (Å²) in [6.07, 6.45) is 1.22. The van der Waals surface area contributed by atoms with E-state index in [9.17, 15) is 4.79 Å². The maximum absolute atomic E-state index is 12.3. The molecular weight excluding hydrogens is 326 g/mol. The summed E-state index contributed by atoms with van der Waals surface area (Å²) >= 11 is 0. The minimum absolute atomic E-state index is 0.151. The van der Waals surface area contributed by atoms with E-state index in [0.717, 1.165) is 5.56 Å². The maximum Gasteiger partial charge on any atom is 0.314 e. The van der Waals surface area contributed by atoms with Crippen LogP contribution in [0, 0.1) is 5.41 Å². The monoisotopic (exact) mass is 355 g/mol. The Balaban J connectivity index is 2.02. The van der Waals surface area contributed by atoms with E-state index < -0.39 is 5.41 Å². The van der Waals surface area contributed by atoms with Gasteiger partial charge < -0.3 is 15.2 Å². The van der Waals surface area contributed by atoms with Crippen molar-refractivity contribution in [2.75, 3.05) is 20.3 Å². The number of carbonyl (C=O) groups is 1. The number of benzene rings is 2. The molecule has 2 N–H and O–H groups in total. The number of nitrogens with two attached hydrogens (primary N) is 1. The third kappa shape index (κ3) is 5.41. The van der Waals surface area contributed by atoms with Gasteiger partial charge in [0.25, 0.3) is 0 Å². The number of ether oxygens (including phenoxy) is 2. The van der Waals surface area contributed by atoms with Crippen LogP contribution in [0.5, 0.6) is 0 Å². The Bertz CT molecular complexity index is 684. The quantitative estimate of drug-likeness (QED) is 0.695. The first-order valence-corrected chi connectivity index (χ1v) is 9.04. The van der Waals surface area contributed by atoms with Gasteiger partial charge in [-0.15, -0.1) is 0 Å². The van der Waals surface area contributed by atoms with Gasteiger partial charge in [0, 0.05) is 13.2 Å². The highest BCUT2D eigenvalue weighted by atomic mass is 16.5. The predicted octanol–water partition coefficient (Wildman–Crippen LogP) is 3.83. The molecule has 0 saturated heterocycles. The smallest absolute Gasteiger partial charge is 0.314 e. The first-order valence-electron chi connectivity index (χ1n) is 9.04. The van der Waals surface area contributed by atoms with Crippen LogP contribution in [0.25, 0.3) is 11.1 Å². The minimum Gasteiger partial charge on any atom is -0.466 e. The van der Waals surface area contributed by atoms with Gasteiger partial charge in [-0.3, -0.25) is 4.79 Å². The zero-order chi connectivity index (χ0) is 19.0. The van der Waals surface area contributed by atoms with Crippen LogP contribution in [-0.2, 0) is 20.7 Å². The van der Waals surface area contributed by atoms with Gasteiger partial charge in [0.15, 0.2) is 0 Å². The summed E-state index contributed by atoms with van der Waals surface area (Å²) in [6, 6.07) is 18.5. The van der Waals surface area contributed by atoms with E-state index in [2.05, 4.69) is 36.4 Å². The fourth-order valence-corrected chi connectivity index (χ4v) is 3.24. The molecule has 0 aliphatic heterocycles. The van der Waals surface area contributed by atoms with Gasteiger partial charge in [-0.05, 0) is 43.4 Å². The summed E-state index contributed by atoms with van der Waals surface area (Å²) in [5.41, 5.74) is 9.14. The van der Waals surface area contributed by atoms with Crippen LogP contribution in [0.3, 0.4) is 0 Å². The van der Waals surface area contributed by atoms with Crippen LogP contribution in [0.1, 0.15) is 25.8 Å². The number of esters is 1. The summed E-state index contributed by atoms with van der Waals surface area (Å²) in [5, 5.41) is 0. The third-order valence-corrected chi connectivity index (χ3v) is 4.50. The van der Waals surface area contributed by atoms with Gasteiger partial charge in [-0.2, -0.15) is 0 Å². The van der Waals surface area contributed by atoms with Gasteiger partial charge in [0.05, 0.1) is 18.6 Å². The number of methoxy groups -OCH3 is 1. The van der Waals surface area contributed by atoms with Crippen molar-refractivity contribution in [3.05, 3.63) is 60.2 Å². The summed E-state index contributed by atoms with van der Waals surface area (Å²) in [5.74, 6) is -0.253. The van der Waals surface area contributed by atoms with E-state index in [1.807, 2.05) is 25.1 Å². The first kappa shape index (κ1) is 20.1. The lowest BCUT2D eigenvalue weighted by Gasteiger charge is -2.29. The van der Waals surface area contributed by atoms with E-state index in [-0.39, 0.29) is 12.0 Å². The Morgan fingerprint density at radius 2 is 1.69 bits per heavy atom. The molecule has 4 nitrogen and oxygen atoms in total. The molecule has 2 aromatic carbocycles. The van der Waals surface area contributed by atoms with Crippen LogP contribution in [0.15, 0.2) is 54.6 Å². The number of carbonyl (C=O) groups excluding carboxylic acids is 1. The van der Waals surface area contributed by atoms with Crippen LogP contribution in [0.2, 0.25) is 0 Å². The van der Waals surface area contributed by atoms with Crippen LogP contribution >= 0.6 is 0 Å². The Morgan fingerprint density at radius 1 is 1.08 bits per heavy atom. The highest BCUT2D eigenvalue weighted by molar-refractivity contribution is 5.76. The number of hydrogen-bond acceptors (Lipinski definition) is 4. The average molecular weight is 355 g/mol. The van der Waals surface area contributed by atoms with Crippen LogP contribution in [-0.4, -0.2) is 32.3 Å². The van der Waals surface area contributed by atoms with Crippen molar-refractivity contribution in [3.8, 4) is 11.1 Å². The molecule has 0 aliphatic carbocycles. The molecule has 2 rings (SSSR count). The van der Waals surface area contributed by atoms with Crippen LogP contribution < -0.4 is 5.73 Å². The molecule has 0 saturated carbocycles. The highest BCUT2D eigenvalue weighted by Crippen LogP contribution is 2.27. The Morgan fingerprint density at radius 3 is 2.27 bits per heavy atom. The molecule has 2 aromatic rings. The van der Waals surface area contributed by atoms with Crippen LogP contribution in [0.4, 0.5) is 0 Å². The lowest BCUT2D eigenvalue weighted by molar-refractivity contribution is -0.158. The summed E-state index contributed by atoms with van der Waals surface area (Å²) in [7, 11) is 1.59. The predicted molar refractivity (Wildman–Crippen MR) is 105 cm³/mol.